The molecule has 1 aromatic heterocycles. The van der Waals surface area contributed by atoms with Crippen LogP contribution in [0.1, 0.15) is 16.1 Å². The Morgan fingerprint density at radius 2 is 1.77 bits per heavy atom. The summed E-state index contributed by atoms with van der Waals surface area (Å²) in [5.41, 5.74) is 6.32. The number of ether oxygens (including phenoxy) is 2. The topological polar surface area (TPSA) is 104 Å². The number of nitrogens with zero attached hydrogens (tertiary/aromatic N) is 1. The quantitative estimate of drug-likeness (QED) is 0.365. The number of rotatable bonds is 10. The van der Waals surface area contributed by atoms with Gasteiger partial charge in [-0.25, -0.2) is 4.98 Å². The second-order valence-corrected chi connectivity index (χ2v) is 8.35. The molecule has 0 spiro atoms. The number of aryl methyl sites for hydroxylation is 1. The molecule has 0 fully saturated rings. The summed E-state index contributed by atoms with van der Waals surface area (Å²) in [7, 11) is 0. The number of carbonyl (C=O) groups is 2. The number of hydrogen-bond acceptors (Lipinski definition) is 7. The van der Waals surface area contributed by atoms with Crippen molar-refractivity contribution in [1.29, 1.82) is 0 Å². The lowest BCUT2D eigenvalue weighted by molar-refractivity contribution is -0.115. The molecule has 3 N–H and O–H groups in total. The molecule has 156 valence electrons. The van der Waals surface area contributed by atoms with E-state index in [0.717, 1.165) is 15.7 Å². The van der Waals surface area contributed by atoms with Crippen LogP contribution in [0.5, 0.6) is 11.5 Å². The predicted octanol–water partition coefficient (Wildman–Crippen LogP) is 3.74. The summed E-state index contributed by atoms with van der Waals surface area (Å²) >= 11 is 2.61. The van der Waals surface area contributed by atoms with E-state index in [0.29, 0.717) is 29.7 Å². The molecule has 1 heterocycles. The smallest absolute Gasteiger partial charge is 0.261 e. The van der Waals surface area contributed by atoms with Crippen molar-refractivity contribution < 1.29 is 19.1 Å². The van der Waals surface area contributed by atoms with Crippen molar-refractivity contribution >= 4 is 40.0 Å². The molecule has 9 heteroatoms. The number of thiazole rings is 1. The minimum atomic E-state index is -0.402. The fraction of sp³-hybridized carbons (Fsp3) is 0.190. The van der Waals surface area contributed by atoms with Crippen molar-refractivity contribution in [2.24, 2.45) is 5.73 Å². The van der Waals surface area contributed by atoms with Crippen LogP contribution in [0.4, 0.5) is 5.13 Å². The lowest BCUT2D eigenvalue weighted by Gasteiger charge is -2.11. The average Bonchev–Trinajstić information content (AvgIpc) is 3.09. The van der Waals surface area contributed by atoms with Gasteiger partial charge >= 0.3 is 0 Å². The Morgan fingerprint density at radius 3 is 2.53 bits per heavy atom. The Labute approximate surface area is 182 Å². The maximum atomic E-state index is 12.7. The third kappa shape index (κ3) is 6.23. The summed E-state index contributed by atoms with van der Waals surface area (Å²) < 4.78 is 12.2. The number of nitrogens with two attached hydrogens (primary N) is 1. The Morgan fingerprint density at radius 1 is 1.07 bits per heavy atom. The SMILES string of the molecule is Cc1nc(NC(=O)c2ccccc2OCCOc2ccccc2)sc1SCC(N)=O. The van der Waals surface area contributed by atoms with Crippen molar-refractivity contribution in [2.45, 2.75) is 11.1 Å². The molecule has 7 nitrogen and oxygen atoms in total. The summed E-state index contributed by atoms with van der Waals surface area (Å²) in [5.74, 6) is 0.660. The minimum absolute atomic E-state index is 0.165. The highest BCUT2D eigenvalue weighted by Crippen LogP contribution is 2.32. The van der Waals surface area contributed by atoms with Crippen LogP contribution in [0.15, 0.2) is 58.8 Å². The van der Waals surface area contributed by atoms with Gasteiger partial charge in [-0.15, -0.1) is 11.8 Å². The largest absolute Gasteiger partial charge is 0.490 e. The van der Waals surface area contributed by atoms with Gasteiger partial charge in [-0.05, 0) is 31.2 Å². The monoisotopic (exact) mass is 443 g/mol. The molecule has 3 rings (SSSR count). The Hall–Kier alpha value is -3.04. The first-order valence-corrected chi connectivity index (χ1v) is 10.9. The molecule has 0 aliphatic rings. The van der Waals surface area contributed by atoms with Crippen LogP contribution >= 0.6 is 23.1 Å². The molecule has 0 saturated carbocycles. The molecule has 0 unspecified atom stereocenters. The zero-order valence-electron chi connectivity index (χ0n) is 16.3. The molecule has 0 aliphatic carbocycles. The third-order valence-corrected chi connectivity index (χ3v) is 6.26. The number of nitrogens with one attached hydrogen (secondary N) is 1. The second kappa shape index (κ2) is 10.7. The molecular formula is C21H21N3O4S2. The molecule has 0 bridgehead atoms. The fourth-order valence-electron chi connectivity index (χ4n) is 2.48. The Balaban J connectivity index is 1.58. The number of aromatic nitrogens is 1. The first kappa shape index (κ1) is 21.7. The molecule has 2 amide bonds. The van der Waals surface area contributed by atoms with Crippen LogP contribution in [-0.4, -0.2) is 35.8 Å². The van der Waals surface area contributed by atoms with E-state index < -0.39 is 5.91 Å². The molecule has 0 radical (unpaired) electrons. The van der Waals surface area contributed by atoms with Gasteiger partial charge < -0.3 is 15.2 Å². The van der Waals surface area contributed by atoms with Crippen LogP contribution in [0.2, 0.25) is 0 Å². The van der Waals surface area contributed by atoms with E-state index in [-0.39, 0.29) is 11.7 Å². The van der Waals surface area contributed by atoms with Crippen LogP contribution < -0.4 is 20.5 Å². The maximum Gasteiger partial charge on any atom is 0.261 e. The maximum absolute atomic E-state index is 12.7. The third-order valence-electron chi connectivity index (χ3n) is 3.80. The van der Waals surface area contributed by atoms with Gasteiger partial charge in [0.2, 0.25) is 5.91 Å². The van der Waals surface area contributed by atoms with Crippen LogP contribution in [0.3, 0.4) is 0 Å². The highest BCUT2D eigenvalue weighted by atomic mass is 32.2. The van der Waals surface area contributed by atoms with E-state index in [1.54, 1.807) is 24.3 Å². The molecular weight excluding hydrogens is 422 g/mol. The number of benzene rings is 2. The van der Waals surface area contributed by atoms with E-state index in [1.165, 1.54) is 23.1 Å². The van der Waals surface area contributed by atoms with E-state index in [2.05, 4.69) is 10.3 Å². The number of primary amides is 1. The van der Waals surface area contributed by atoms with Gasteiger partial charge in [0.1, 0.15) is 24.7 Å². The number of para-hydroxylation sites is 2. The van der Waals surface area contributed by atoms with Gasteiger partial charge in [0.15, 0.2) is 5.13 Å². The number of amides is 2. The first-order valence-electron chi connectivity index (χ1n) is 9.12. The van der Waals surface area contributed by atoms with Crippen molar-refractivity contribution in [3.8, 4) is 11.5 Å². The minimum Gasteiger partial charge on any atom is -0.490 e. The molecule has 0 aliphatic heterocycles. The second-order valence-electron chi connectivity index (χ2n) is 6.11. The highest BCUT2D eigenvalue weighted by Gasteiger charge is 2.16. The van der Waals surface area contributed by atoms with Crippen LogP contribution in [0.25, 0.3) is 0 Å². The van der Waals surface area contributed by atoms with Gasteiger partial charge in [-0.2, -0.15) is 0 Å². The van der Waals surface area contributed by atoms with Crippen molar-refractivity contribution in [2.75, 3.05) is 24.3 Å². The molecule has 0 saturated heterocycles. The molecule has 3 aromatic rings. The van der Waals surface area contributed by atoms with Gasteiger partial charge in [0, 0.05) is 0 Å². The molecule has 2 aromatic carbocycles. The zero-order chi connectivity index (χ0) is 21.3. The van der Waals surface area contributed by atoms with E-state index in [9.17, 15) is 9.59 Å². The Kier molecular flexibility index (Phi) is 7.69. The predicted molar refractivity (Wildman–Crippen MR) is 119 cm³/mol. The first-order chi connectivity index (χ1) is 14.5. The molecule has 30 heavy (non-hydrogen) atoms. The number of carbonyl (C=O) groups excluding carboxylic acids is 2. The normalized spacial score (nSPS) is 10.4. The van der Waals surface area contributed by atoms with Gasteiger partial charge in [-0.3, -0.25) is 14.9 Å². The van der Waals surface area contributed by atoms with E-state index in [1.807, 2.05) is 37.3 Å². The highest BCUT2D eigenvalue weighted by molar-refractivity contribution is 8.01. The number of thioether (sulfide) groups is 1. The number of hydrogen-bond donors (Lipinski definition) is 2. The summed E-state index contributed by atoms with van der Waals surface area (Å²) in [4.78, 5) is 28.1. The van der Waals surface area contributed by atoms with Crippen molar-refractivity contribution in [3.63, 3.8) is 0 Å². The van der Waals surface area contributed by atoms with Gasteiger partial charge in [-0.1, -0.05) is 41.7 Å². The molecule has 0 atom stereocenters. The van der Waals surface area contributed by atoms with E-state index in [4.69, 9.17) is 15.2 Å². The zero-order valence-corrected chi connectivity index (χ0v) is 17.9. The number of anilines is 1. The van der Waals surface area contributed by atoms with Crippen LogP contribution in [-0.2, 0) is 4.79 Å². The van der Waals surface area contributed by atoms with Crippen molar-refractivity contribution in [1.82, 2.24) is 4.98 Å². The van der Waals surface area contributed by atoms with Gasteiger partial charge in [0.25, 0.3) is 5.91 Å². The summed E-state index contributed by atoms with van der Waals surface area (Å²) in [6.07, 6.45) is 0. The summed E-state index contributed by atoms with van der Waals surface area (Å²) in [5, 5.41) is 3.24. The average molecular weight is 444 g/mol. The van der Waals surface area contributed by atoms with Crippen molar-refractivity contribution in [3.05, 3.63) is 65.9 Å². The summed E-state index contributed by atoms with van der Waals surface area (Å²) in [6, 6.07) is 16.4. The standard InChI is InChI=1S/C21H21N3O4S2/c1-14-20(29-13-18(22)25)30-21(23-14)24-19(26)16-9-5-6-10-17(16)28-12-11-27-15-7-3-2-4-8-15/h2-10H,11-13H2,1H3,(H2,22,25)(H,23,24,26). The van der Waals surface area contributed by atoms with Gasteiger partial charge in [0.05, 0.1) is 21.2 Å². The Bertz CT molecular complexity index is 1010. The van der Waals surface area contributed by atoms with E-state index >= 15 is 0 Å². The lowest BCUT2D eigenvalue weighted by Crippen LogP contribution is -2.15. The fourth-order valence-corrected chi connectivity index (χ4v) is 4.35. The summed E-state index contributed by atoms with van der Waals surface area (Å²) in [6.45, 7) is 2.47. The van der Waals surface area contributed by atoms with Crippen LogP contribution in [0, 0.1) is 6.92 Å². The lowest BCUT2D eigenvalue weighted by atomic mass is 10.2.